The van der Waals surface area contributed by atoms with Crippen molar-refractivity contribution in [2.24, 2.45) is 4.99 Å². The molecular weight excluding hydrogens is 267 g/mol. The number of H-pyrrole nitrogens is 1. The van der Waals surface area contributed by atoms with Crippen molar-refractivity contribution in [2.45, 2.75) is 33.1 Å². The minimum atomic E-state index is -0.241. The molecule has 4 nitrogen and oxygen atoms in total. The Morgan fingerprint density at radius 2 is 2.19 bits per heavy atom. The molecule has 110 valence electrons. The summed E-state index contributed by atoms with van der Waals surface area (Å²) in [6.07, 6.45) is 2.43. The molecule has 0 aliphatic carbocycles. The molecule has 0 unspecified atom stereocenters. The maximum atomic E-state index is 13.5. The molecule has 0 radical (unpaired) electrons. The second-order valence-electron chi connectivity index (χ2n) is 5.12. The first kappa shape index (κ1) is 15.1. The molecule has 1 aromatic heterocycles. The maximum Gasteiger partial charge on any atom is 0.123 e. The topological polar surface area (TPSA) is 53.9 Å². The van der Waals surface area contributed by atoms with Gasteiger partial charge in [0.15, 0.2) is 0 Å². The lowest BCUT2D eigenvalue weighted by atomic mass is 9.94. The van der Waals surface area contributed by atoms with E-state index in [0.29, 0.717) is 6.42 Å². The summed E-state index contributed by atoms with van der Waals surface area (Å²) in [7, 11) is 0. The summed E-state index contributed by atoms with van der Waals surface area (Å²) in [6, 6.07) is 4.76. The Morgan fingerprint density at radius 3 is 2.81 bits per heavy atom. The van der Waals surface area contributed by atoms with Crippen molar-refractivity contribution in [1.29, 1.82) is 0 Å². The van der Waals surface area contributed by atoms with Gasteiger partial charge in [-0.3, -0.25) is 4.99 Å². The average Bonchev–Trinajstić information content (AvgIpc) is 2.92. The third-order valence-electron chi connectivity index (χ3n) is 3.40. The Hall–Kier alpha value is -2.30. The van der Waals surface area contributed by atoms with E-state index in [2.05, 4.69) is 27.1 Å². The highest BCUT2D eigenvalue weighted by Gasteiger charge is 2.17. The Bertz CT molecular complexity index is 671. The SMILES string of the molecule is C=N/C(=C\C)Cc1n[nH]nc1-c1ccc(F)cc1C(C)C. The lowest BCUT2D eigenvalue weighted by Gasteiger charge is -2.12. The molecule has 0 saturated heterocycles. The van der Waals surface area contributed by atoms with Gasteiger partial charge in [-0.1, -0.05) is 19.9 Å². The molecule has 0 fully saturated rings. The molecule has 1 aromatic carbocycles. The van der Waals surface area contributed by atoms with Gasteiger partial charge in [-0.05, 0) is 43.3 Å². The number of halogens is 1. The van der Waals surface area contributed by atoms with Crippen LogP contribution >= 0.6 is 0 Å². The van der Waals surface area contributed by atoms with Crippen molar-refractivity contribution in [3.8, 4) is 11.3 Å². The molecule has 2 rings (SSSR count). The van der Waals surface area contributed by atoms with Gasteiger partial charge in [0.1, 0.15) is 11.5 Å². The van der Waals surface area contributed by atoms with Crippen molar-refractivity contribution >= 4 is 6.72 Å². The zero-order chi connectivity index (χ0) is 15.4. The van der Waals surface area contributed by atoms with Crippen LogP contribution in [-0.4, -0.2) is 22.1 Å². The molecule has 0 aliphatic rings. The Kier molecular flexibility index (Phi) is 4.62. The van der Waals surface area contributed by atoms with Crippen LogP contribution in [0.25, 0.3) is 11.3 Å². The number of nitrogens with one attached hydrogen (secondary N) is 1. The van der Waals surface area contributed by atoms with Crippen LogP contribution in [0.3, 0.4) is 0 Å². The summed E-state index contributed by atoms with van der Waals surface area (Å²) < 4.78 is 13.5. The van der Waals surface area contributed by atoms with Crippen molar-refractivity contribution in [1.82, 2.24) is 15.4 Å². The predicted octanol–water partition coefficient (Wildman–Crippen LogP) is 3.88. The molecule has 0 atom stereocenters. The number of nitrogens with zero attached hydrogens (tertiary/aromatic N) is 3. The quantitative estimate of drug-likeness (QED) is 0.848. The highest BCUT2D eigenvalue weighted by Crippen LogP contribution is 2.30. The van der Waals surface area contributed by atoms with Gasteiger partial charge < -0.3 is 0 Å². The molecule has 5 heteroatoms. The van der Waals surface area contributed by atoms with Crippen LogP contribution in [-0.2, 0) is 6.42 Å². The van der Waals surface area contributed by atoms with Crippen LogP contribution in [0, 0.1) is 5.82 Å². The lowest BCUT2D eigenvalue weighted by Crippen LogP contribution is -1.98. The number of aromatic amines is 1. The van der Waals surface area contributed by atoms with E-state index in [9.17, 15) is 4.39 Å². The van der Waals surface area contributed by atoms with Gasteiger partial charge in [-0.2, -0.15) is 15.4 Å². The van der Waals surface area contributed by atoms with E-state index in [1.807, 2.05) is 26.8 Å². The molecular formula is C16H19FN4. The van der Waals surface area contributed by atoms with Gasteiger partial charge in [-0.25, -0.2) is 4.39 Å². The van der Waals surface area contributed by atoms with Crippen LogP contribution in [0.1, 0.15) is 37.9 Å². The highest BCUT2D eigenvalue weighted by atomic mass is 19.1. The van der Waals surface area contributed by atoms with Crippen LogP contribution in [0.15, 0.2) is 35.0 Å². The number of allylic oxidation sites excluding steroid dienone is 2. The van der Waals surface area contributed by atoms with E-state index in [4.69, 9.17) is 0 Å². The van der Waals surface area contributed by atoms with E-state index >= 15 is 0 Å². The van der Waals surface area contributed by atoms with Crippen molar-refractivity contribution < 1.29 is 4.39 Å². The zero-order valence-corrected chi connectivity index (χ0v) is 12.5. The van der Waals surface area contributed by atoms with E-state index in [1.165, 1.54) is 6.07 Å². The van der Waals surface area contributed by atoms with Crippen molar-refractivity contribution in [3.05, 3.63) is 47.0 Å². The fourth-order valence-corrected chi connectivity index (χ4v) is 2.24. The standard InChI is InChI=1S/C16H19FN4/c1-5-12(18-4)9-15-16(20-21-19-15)13-7-6-11(17)8-14(13)10(2)3/h5-8,10H,4,9H2,1-3H3,(H,19,20,21)/b12-5-. The number of hydrogen-bond donors (Lipinski definition) is 1. The first-order valence-electron chi connectivity index (χ1n) is 6.88. The van der Waals surface area contributed by atoms with E-state index in [0.717, 1.165) is 28.2 Å². The van der Waals surface area contributed by atoms with Crippen molar-refractivity contribution in [2.75, 3.05) is 0 Å². The van der Waals surface area contributed by atoms with Crippen LogP contribution in [0.4, 0.5) is 4.39 Å². The predicted molar refractivity (Wildman–Crippen MR) is 82.9 cm³/mol. The first-order valence-corrected chi connectivity index (χ1v) is 6.88. The Morgan fingerprint density at radius 1 is 1.43 bits per heavy atom. The Balaban J connectivity index is 2.49. The second-order valence-corrected chi connectivity index (χ2v) is 5.12. The largest absolute Gasteiger partial charge is 0.269 e. The van der Waals surface area contributed by atoms with E-state index in [1.54, 1.807) is 12.1 Å². The summed E-state index contributed by atoms with van der Waals surface area (Å²) in [4.78, 5) is 3.96. The van der Waals surface area contributed by atoms with Crippen molar-refractivity contribution in [3.63, 3.8) is 0 Å². The third-order valence-corrected chi connectivity index (χ3v) is 3.40. The second kappa shape index (κ2) is 6.43. The summed E-state index contributed by atoms with van der Waals surface area (Å²) in [5, 5.41) is 11.1. The van der Waals surface area contributed by atoms with Gasteiger partial charge in [0.2, 0.25) is 0 Å². The van der Waals surface area contributed by atoms with E-state index < -0.39 is 0 Å². The normalized spacial score (nSPS) is 12.0. The van der Waals surface area contributed by atoms with Crippen LogP contribution in [0.5, 0.6) is 0 Å². The minimum absolute atomic E-state index is 0.193. The summed E-state index contributed by atoms with van der Waals surface area (Å²) in [5.41, 5.74) is 4.16. The lowest BCUT2D eigenvalue weighted by molar-refractivity contribution is 0.623. The summed E-state index contributed by atoms with van der Waals surface area (Å²) >= 11 is 0. The summed E-state index contributed by atoms with van der Waals surface area (Å²) in [5.74, 6) is -0.0478. The number of aromatic nitrogens is 3. The Labute approximate surface area is 123 Å². The number of benzene rings is 1. The molecule has 0 saturated carbocycles. The van der Waals surface area contributed by atoms with Crippen LogP contribution in [0.2, 0.25) is 0 Å². The molecule has 0 spiro atoms. The third kappa shape index (κ3) is 3.24. The minimum Gasteiger partial charge on any atom is -0.269 e. The van der Waals surface area contributed by atoms with E-state index in [-0.39, 0.29) is 11.7 Å². The first-order chi connectivity index (χ1) is 10.1. The fourth-order valence-electron chi connectivity index (χ4n) is 2.24. The molecule has 1 N–H and O–H groups in total. The maximum absolute atomic E-state index is 13.5. The van der Waals surface area contributed by atoms with Gasteiger partial charge in [-0.15, -0.1) is 0 Å². The number of rotatable bonds is 5. The van der Waals surface area contributed by atoms with Gasteiger partial charge in [0.05, 0.1) is 5.69 Å². The molecule has 21 heavy (non-hydrogen) atoms. The van der Waals surface area contributed by atoms with Crippen LogP contribution < -0.4 is 0 Å². The molecule has 0 aliphatic heterocycles. The smallest absolute Gasteiger partial charge is 0.123 e. The van der Waals surface area contributed by atoms with Gasteiger partial charge in [0.25, 0.3) is 0 Å². The molecule has 0 bridgehead atoms. The summed E-state index contributed by atoms with van der Waals surface area (Å²) in [6.45, 7) is 9.51. The number of aliphatic imine (C=N–C) groups is 1. The molecule has 1 heterocycles. The molecule has 0 amide bonds. The molecule has 2 aromatic rings. The zero-order valence-electron chi connectivity index (χ0n) is 12.5. The number of hydrogen-bond acceptors (Lipinski definition) is 3. The monoisotopic (exact) mass is 286 g/mol. The highest BCUT2D eigenvalue weighted by molar-refractivity contribution is 5.66. The van der Waals surface area contributed by atoms with Gasteiger partial charge in [0, 0.05) is 17.7 Å². The average molecular weight is 286 g/mol. The van der Waals surface area contributed by atoms with Gasteiger partial charge >= 0.3 is 0 Å². The fraction of sp³-hybridized carbons (Fsp3) is 0.312.